The van der Waals surface area contributed by atoms with Crippen molar-refractivity contribution in [1.82, 2.24) is 0 Å². The summed E-state index contributed by atoms with van der Waals surface area (Å²) in [5.41, 5.74) is 8.17. The molecule has 1 aliphatic carbocycles. The molecule has 3 heteroatoms. The van der Waals surface area contributed by atoms with E-state index in [-0.39, 0.29) is 23.9 Å². The Morgan fingerprint density at radius 1 is 1.33 bits per heavy atom. The van der Waals surface area contributed by atoms with E-state index in [9.17, 15) is 4.79 Å². The number of nitrogens with two attached hydrogens (primary N) is 1. The highest BCUT2D eigenvalue weighted by Gasteiger charge is 2.35. The molecule has 1 aliphatic heterocycles. The second-order valence-corrected chi connectivity index (χ2v) is 5.28. The predicted octanol–water partition coefficient (Wildman–Crippen LogP) is 1.87. The lowest BCUT2D eigenvalue weighted by Crippen LogP contribution is -2.39. The molecule has 1 heterocycles. The molecule has 2 N–H and O–H groups in total. The third kappa shape index (κ3) is 1.75. The zero-order valence-corrected chi connectivity index (χ0v) is 10.5. The highest BCUT2D eigenvalue weighted by Crippen LogP contribution is 2.34. The fourth-order valence-corrected chi connectivity index (χ4v) is 2.99. The van der Waals surface area contributed by atoms with Crippen LogP contribution in [0.3, 0.4) is 0 Å². The molecular weight excluding hydrogens is 224 g/mol. The fourth-order valence-electron chi connectivity index (χ4n) is 2.99. The molecule has 0 saturated carbocycles. The van der Waals surface area contributed by atoms with Gasteiger partial charge in [0.05, 0.1) is 5.92 Å². The second kappa shape index (κ2) is 4.25. The minimum Gasteiger partial charge on any atom is -0.324 e. The van der Waals surface area contributed by atoms with E-state index in [1.165, 1.54) is 5.56 Å². The van der Waals surface area contributed by atoms with Crippen molar-refractivity contribution in [3.8, 4) is 0 Å². The maximum atomic E-state index is 12.6. The molecule has 0 bridgehead atoms. The number of nitrogens with zero attached hydrogens (tertiary/aromatic N) is 1. The number of hydrogen-bond donors (Lipinski definition) is 1. The molecule has 0 spiro atoms. The number of rotatable bonds is 1. The van der Waals surface area contributed by atoms with Crippen LogP contribution < -0.4 is 10.6 Å². The van der Waals surface area contributed by atoms with Crippen LogP contribution >= 0.6 is 0 Å². The SMILES string of the molecule is CC1Cc2ccccc2N1C(=O)C1C=CC(N)C1. The van der Waals surface area contributed by atoms with Crippen molar-refractivity contribution in [3.05, 3.63) is 42.0 Å². The van der Waals surface area contributed by atoms with E-state index < -0.39 is 0 Å². The van der Waals surface area contributed by atoms with Crippen LogP contribution in [0.1, 0.15) is 18.9 Å². The smallest absolute Gasteiger partial charge is 0.234 e. The van der Waals surface area contributed by atoms with Crippen LogP contribution in [0.15, 0.2) is 36.4 Å². The first-order valence-corrected chi connectivity index (χ1v) is 6.51. The lowest BCUT2D eigenvalue weighted by Gasteiger charge is -2.25. The Balaban J connectivity index is 1.88. The summed E-state index contributed by atoms with van der Waals surface area (Å²) in [6.07, 6.45) is 5.59. The number of carbonyl (C=O) groups excluding carboxylic acids is 1. The minimum atomic E-state index is -0.0476. The van der Waals surface area contributed by atoms with Gasteiger partial charge in [-0.25, -0.2) is 0 Å². The standard InChI is InChI=1S/C15H18N2O/c1-10-8-11-4-2-3-5-14(11)17(10)15(18)12-6-7-13(16)9-12/h2-7,10,12-13H,8-9,16H2,1H3. The van der Waals surface area contributed by atoms with Gasteiger partial charge in [-0.3, -0.25) is 4.79 Å². The van der Waals surface area contributed by atoms with Crippen LogP contribution in [0.4, 0.5) is 5.69 Å². The van der Waals surface area contributed by atoms with Gasteiger partial charge in [-0.15, -0.1) is 0 Å². The lowest BCUT2D eigenvalue weighted by molar-refractivity contribution is -0.121. The molecule has 0 radical (unpaired) electrons. The maximum Gasteiger partial charge on any atom is 0.234 e. The summed E-state index contributed by atoms with van der Waals surface area (Å²) in [5.74, 6) is 0.144. The molecule has 3 unspecified atom stereocenters. The Hall–Kier alpha value is -1.61. The number of fused-ring (bicyclic) bond motifs is 1. The van der Waals surface area contributed by atoms with Crippen LogP contribution in [0, 0.1) is 5.92 Å². The molecule has 1 aromatic carbocycles. The zero-order chi connectivity index (χ0) is 12.7. The molecule has 0 aromatic heterocycles. The van der Waals surface area contributed by atoms with Gasteiger partial charge in [-0.05, 0) is 31.4 Å². The summed E-state index contributed by atoms with van der Waals surface area (Å²) in [5, 5.41) is 0. The molecule has 94 valence electrons. The van der Waals surface area contributed by atoms with Crippen LogP contribution in [0.2, 0.25) is 0 Å². The first-order valence-electron chi connectivity index (χ1n) is 6.51. The molecule has 3 nitrogen and oxygen atoms in total. The number of amides is 1. The monoisotopic (exact) mass is 242 g/mol. The minimum absolute atomic E-state index is 0.0344. The van der Waals surface area contributed by atoms with E-state index in [0.717, 1.165) is 18.5 Å². The van der Waals surface area contributed by atoms with Crippen molar-refractivity contribution < 1.29 is 4.79 Å². The van der Waals surface area contributed by atoms with Gasteiger partial charge < -0.3 is 10.6 Å². The lowest BCUT2D eigenvalue weighted by atomic mass is 10.1. The largest absolute Gasteiger partial charge is 0.324 e. The summed E-state index contributed by atoms with van der Waals surface area (Å²) in [6, 6.07) is 8.45. The van der Waals surface area contributed by atoms with Crippen molar-refractivity contribution in [3.63, 3.8) is 0 Å². The fraction of sp³-hybridized carbons (Fsp3) is 0.400. The quantitative estimate of drug-likeness (QED) is 0.764. The molecule has 18 heavy (non-hydrogen) atoms. The number of para-hydroxylation sites is 1. The van der Waals surface area contributed by atoms with E-state index in [2.05, 4.69) is 13.0 Å². The van der Waals surface area contributed by atoms with Gasteiger partial charge >= 0.3 is 0 Å². The Labute approximate surface area is 107 Å². The van der Waals surface area contributed by atoms with E-state index in [1.807, 2.05) is 35.3 Å². The van der Waals surface area contributed by atoms with Crippen molar-refractivity contribution in [2.24, 2.45) is 11.7 Å². The summed E-state index contributed by atoms with van der Waals surface area (Å²) in [6.45, 7) is 2.11. The zero-order valence-electron chi connectivity index (χ0n) is 10.5. The Morgan fingerprint density at radius 3 is 2.83 bits per heavy atom. The summed E-state index contributed by atoms with van der Waals surface area (Å²) < 4.78 is 0. The summed E-state index contributed by atoms with van der Waals surface area (Å²) in [7, 11) is 0. The van der Waals surface area contributed by atoms with E-state index in [4.69, 9.17) is 5.73 Å². The van der Waals surface area contributed by atoms with Gasteiger partial charge in [0.2, 0.25) is 5.91 Å². The average molecular weight is 242 g/mol. The van der Waals surface area contributed by atoms with Gasteiger partial charge in [0.25, 0.3) is 0 Å². The maximum absolute atomic E-state index is 12.6. The van der Waals surface area contributed by atoms with E-state index in [0.29, 0.717) is 0 Å². The van der Waals surface area contributed by atoms with Crippen LogP contribution in [0.25, 0.3) is 0 Å². The average Bonchev–Trinajstić information content (AvgIpc) is 2.91. The second-order valence-electron chi connectivity index (χ2n) is 5.28. The normalized spacial score (nSPS) is 29.7. The number of carbonyl (C=O) groups is 1. The van der Waals surface area contributed by atoms with Crippen LogP contribution in [-0.2, 0) is 11.2 Å². The molecule has 3 rings (SSSR count). The molecule has 0 fully saturated rings. The van der Waals surface area contributed by atoms with Crippen molar-refractivity contribution >= 4 is 11.6 Å². The molecule has 3 atom stereocenters. The Kier molecular flexibility index (Phi) is 2.71. The summed E-state index contributed by atoms with van der Waals surface area (Å²) >= 11 is 0. The van der Waals surface area contributed by atoms with Crippen molar-refractivity contribution in [2.45, 2.75) is 31.8 Å². The molecule has 1 amide bonds. The Bertz CT molecular complexity index is 509. The molecule has 1 aromatic rings. The van der Waals surface area contributed by atoms with Crippen LogP contribution in [-0.4, -0.2) is 18.0 Å². The Morgan fingerprint density at radius 2 is 2.11 bits per heavy atom. The third-order valence-corrected chi connectivity index (χ3v) is 3.88. The summed E-state index contributed by atoms with van der Waals surface area (Å²) in [4.78, 5) is 14.5. The topological polar surface area (TPSA) is 46.3 Å². The van der Waals surface area contributed by atoms with Gasteiger partial charge in [-0.2, -0.15) is 0 Å². The molecule has 2 aliphatic rings. The van der Waals surface area contributed by atoms with Gasteiger partial charge in [0, 0.05) is 17.8 Å². The molecule has 0 saturated heterocycles. The first kappa shape index (κ1) is 11.5. The highest BCUT2D eigenvalue weighted by atomic mass is 16.2. The predicted molar refractivity (Wildman–Crippen MR) is 72.3 cm³/mol. The third-order valence-electron chi connectivity index (χ3n) is 3.88. The van der Waals surface area contributed by atoms with E-state index in [1.54, 1.807) is 0 Å². The van der Waals surface area contributed by atoms with Crippen LogP contribution in [0.5, 0.6) is 0 Å². The highest BCUT2D eigenvalue weighted by molar-refractivity contribution is 5.98. The number of benzene rings is 1. The van der Waals surface area contributed by atoms with Gasteiger partial charge in [0.1, 0.15) is 0 Å². The number of hydrogen-bond acceptors (Lipinski definition) is 2. The first-order chi connectivity index (χ1) is 8.66. The van der Waals surface area contributed by atoms with Crippen molar-refractivity contribution in [1.29, 1.82) is 0 Å². The van der Waals surface area contributed by atoms with Gasteiger partial charge in [-0.1, -0.05) is 30.4 Å². The van der Waals surface area contributed by atoms with E-state index >= 15 is 0 Å². The van der Waals surface area contributed by atoms with Gasteiger partial charge in [0.15, 0.2) is 0 Å². The molecular formula is C15H18N2O. The number of anilines is 1. The van der Waals surface area contributed by atoms with Crippen molar-refractivity contribution in [2.75, 3.05) is 4.90 Å².